The van der Waals surface area contributed by atoms with Crippen molar-refractivity contribution in [2.75, 3.05) is 23.3 Å². The molecule has 7 nitrogen and oxygen atoms in total. The number of rotatable bonds is 7. The number of benzene rings is 2. The minimum atomic E-state index is -0.774. The van der Waals surface area contributed by atoms with Crippen LogP contribution in [-0.4, -0.2) is 43.3 Å². The zero-order valence-corrected chi connectivity index (χ0v) is 19.6. The van der Waals surface area contributed by atoms with Crippen LogP contribution >= 0.6 is 0 Å². The summed E-state index contributed by atoms with van der Waals surface area (Å²) in [6, 6.07) is 12.9. The van der Waals surface area contributed by atoms with Crippen molar-refractivity contribution >= 4 is 23.3 Å². The van der Waals surface area contributed by atoms with Crippen molar-refractivity contribution in [3.63, 3.8) is 0 Å². The Morgan fingerprint density at radius 2 is 1.76 bits per heavy atom. The van der Waals surface area contributed by atoms with Crippen molar-refractivity contribution in [3.05, 3.63) is 59.9 Å². The van der Waals surface area contributed by atoms with Crippen LogP contribution in [0.15, 0.2) is 48.5 Å². The number of nitrogens with one attached hydrogen (secondary N) is 3. The van der Waals surface area contributed by atoms with Crippen LogP contribution in [0.3, 0.4) is 0 Å². The Hall–Kier alpha value is -3.13. The summed E-state index contributed by atoms with van der Waals surface area (Å²) in [5.41, 5.74) is 1.78. The second-order valence-corrected chi connectivity index (χ2v) is 8.85. The molecule has 0 saturated carbocycles. The fourth-order valence-electron chi connectivity index (χ4n) is 3.94. The summed E-state index contributed by atoms with van der Waals surface area (Å²) in [4.78, 5) is 27.1. The molecule has 0 radical (unpaired) electrons. The first-order chi connectivity index (χ1) is 15.7. The van der Waals surface area contributed by atoms with E-state index in [1.165, 1.54) is 6.07 Å². The van der Waals surface area contributed by atoms with Gasteiger partial charge in [0.05, 0.1) is 17.9 Å². The van der Waals surface area contributed by atoms with Gasteiger partial charge in [-0.3, -0.25) is 4.79 Å². The summed E-state index contributed by atoms with van der Waals surface area (Å²) >= 11 is 0. The fourth-order valence-corrected chi connectivity index (χ4v) is 3.94. The summed E-state index contributed by atoms with van der Waals surface area (Å²) in [5.74, 6) is -0.975. The first-order valence-corrected chi connectivity index (χ1v) is 11.3. The second kappa shape index (κ2) is 11.1. The molecule has 3 unspecified atom stereocenters. The molecule has 1 aliphatic rings. The number of hydrogen-bond donors (Lipinski definition) is 3. The topological polar surface area (TPSA) is 82.7 Å². The normalized spacial score (nSPS) is 19.2. The number of halogens is 1. The van der Waals surface area contributed by atoms with Gasteiger partial charge < -0.3 is 25.6 Å². The van der Waals surface area contributed by atoms with E-state index in [0.29, 0.717) is 31.0 Å². The summed E-state index contributed by atoms with van der Waals surface area (Å²) < 4.78 is 20.6. The van der Waals surface area contributed by atoms with Crippen molar-refractivity contribution in [2.24, 2.45) is 5.92 Å². The van der Waals surface area contributed by atoms with Crippen LogP contribution in [0.2, 0.25) is 0 Å². The Balaban J connectivity index is 1.60. The van der Waals surface area contributed by atoms with Crippen molar-refractivity contribution in [1.29, 1.82) is 0 Å². The van der Waals surface area contributed by atoms with Crippen molar-refractivity contribution in [2.45, 2.75) is 52.5 Å². The maximum atomic E-state index is 14.9. The number of hydrogen-bond acceptors (Lipinski definition) is 4. The number of carbonyl (C=O) groups is 2. The van der Waals surface area contributed by atoms with Crippen LogP contribution in [0.1, 0.15) is 33.3 Å². The number of ether oxygens (including phenoxy) is 1. The monoisotopic (exact) mass is 456 g/mol. The Labute approximate surface area is 194 Å². The molecule has 0 spiro atoms. The Bertz CT molecular complexity index is 944. The highest BCUT2D eigenvalue weighted by Crippen LogP contribution is 2.26. The van der Waals surface area contributed by atoms with Crippen LogP contribution in [0.5, 0.6) is 0 Å². The molecule has 8 heteroatoms. The van der Waals surface area contributed by atoms with Crippen molar-refractivity contribution in [3.8, 4) is 0 Å². The third kappa shape index (κ3) is 6.92. The van der Waals surface area contributed by atoms with E-state index in [9.17, 15) is 14.0 Å². The predicted octanol–water partition coefficient (Wildman–Crippen LogP) is 3.90. The Morgan fingerprint density at radius 3 is 2.36 bits per heavy atom. The van der Waals surface area contributed by atoms with Gasteiger partial charge in [-0.25, -0.2) is 9.18 Å². The molecule has 1 saturated heterocycles. The van der Waals surface area contributed by atoms with E-state index in [1.807, 2.05) is 62.9 Å². The first-order valence-electron chi connectivity index (χ1n) is 11.3. The molecule has 2 aromatic carbocycles. The van der Waals surface area contributed by atoms with Crippen LogP contribution in [0, 0.1) is 11.7 Å². The van der Waals surface area contributed by atoms with Gasteiger partial charge in [0.2, 0.25) is 5.91 Å². The molecule has 3 rings (SSSR count). The summed E-state index contributed by atoms with van der Waals surface area (Å²) in [5, 5.41) is 8.20. The molecule has 178 valence electrons. The van der Waals surface area contributed by atoms with Crippen LogP contribution in [-0.2, 0) is 16.1 Å². The standard InChI is InChI=1S/C25H33FN4O3/c1-16(2)23(29-25(32)27-13-19-8-6-5-7-9-19)24(31)28-20-10-11-22(21(26)12-20)30-14-17(3)33-18(4)15-30/h5-12,16-18,23H,13-15H2,1-4H3,(H,28,31)(H2,27,29,32). The third-order valence-electron chi connectivity index (χ3n) is 5.51. The van der Waals surface area contributed by atoms with Crippen molar-refractivity contribution < 1.29 is 18.7 Å². The summed E-state index contributed by atoms with van der Waals surface area (Å²) in [7, 11) is 0. The van der Waals surface area contributed by atoms with Gasteiger partial charge >= 0.3 is 6.03 Å². The molecule has 33 heavy (non-hydrogen) atoms. The first kappa shape index (κ1) is 24.5. The predicted molar refractivity (Wildman–Crippen MR) is 128 cm³/mol. The van der Waals surface area contributed by atoms with E-state index in [-0.39, 0.29) is 18.1 Å². The van der Waals surface area contributed by atoms with Gasteiger partial charge in [-0.05, 0) is 43.5 Å². The second-order valence-electron chi connectivity index (χ2n) is 8.85. The molecule has 0 aliphatic carbocycles. The quantitative estimate of drug-likeness (QED) is 0.590. The molecular weight excluding hydrogens is 423 g/mol. The lowest BCUT2D eigenvalue weighted by Gasteiger charge is -2.37. The minimum absolute atomic E-state index is 0.0124. The lowest BCUT2D eigenvalue weighted by Crippen LogP contribution is -2.50. The molecule has 1 aliphatic heterocycles. The molecular formula is C25H33FN4O3. The Kier molecular flexibility index (Phi) is 8.27. The van der Waals surface area contributed by atoms with E-state index < -0.39 is 23.8 Å². The van der Waals surface area contributed by atoms with Crippen molar-refractivity contribution in [1.82, 2.24) is 10.6 Å². The van der Waals surface area contributed by atoms with Gasteiger partial charge in [0.25, 0.3) is 0 Å². The maximum Gasteiger partial charge on any atom is 0.315 e. The largest absolute Gasteiger partial charge is 0.372 e. The van der Waals surface area contributed by atoms with Gasteiger partial charge in [-0.1, -0.05) is 44.2 Å². The molecule has 3 amide bonds. The number of amides is 3. The van der Waals surface area contributed by atoms with Gasteiger partial charge in [-0.2, -0.15) is 0 Å². The van der Waals surface area contributed by atoms with E-state index in [2.05, 4.69) is 16.0 Å². The lowest BCUT2D eigenvalue weighted by molar-refractivity contribution is -0.118. The minimum Gasteiger partial charge on any atom is -0.372 e. The number of morpholine rings is 1. The van der Waals surface area contributed by atoms with Gasteiger partial charge in [-0.15, -0.1) is 0 Å². The summed E-state index contributed by atoms with van der Waals surface area (Å²) in [6.07, 6.45) is 0.0249. The Morgan fingerprint density at radius 1 is 1.09 bits per heavy atom. The lowest BCUT2D eigenvalue weighted by atomic mass is 10.0. The highest BCUT2D eigenvalue weighted by Gasteiger charge is 2.26. The smallest absolute Gasteiger partial charge is 0.315 e. The maximum absolute atomic E-state index is 14.9. The molecule has 0 bridgehead atoms. The SMILES string of the molecule is CC1CN(c2ccc(NC(=O)C(NC(=O)NCc3ccccc3)C(C)C)cc2F)CC(C)O1. The number of urea groups is 1. The van der Waals surface area contributed by atoms with Crippen LogP contribution in [0.25, 0.3) is 0 Å². The third-order valence-corrected chi connectivity index (χ3v) is 5.51. The van der Waals surface area contributed by atoms with Crippen LogP contribution in [0.4, 0.5) is 20.6 Å². The molecule has 2 aromatic rings. The molecule has 3 atom stereocenters. The summed E-state index contributed by atoms with van der Waals surface area (Å²) in [6.45, 7) is 9.16. The van der Waals surface area contributed by atoms with E-state index in [1.54, 1.807) is 12.1 Å². The molecule has 1 fully saturated rings. The van der Waals surface area contributed by atoms with E-state index >= 15 is 0 Å². The van der Waals surface area contributed by atoms with Gasteiger partial charge in [0, 0.05) is 25.3 Å². The van der Waals surface area contributed by atoms with E-state index in [4.69, 9.17) is 4.74 Å². The highest BCUT2D eigenvalue weighted by molar-refractivity contribution is 5.97. The van der Waals surface area contributed by atoms with Crippen LogP contribution < -0.4 is 20.9 Å². The number of anilines is 2. The zero-order chi connectivity index (χ0) is 24.0. The van der Waals surface area contributed by atoms with Gasteiger partial charge in [0.1, 0.15) is 11.9 Å². The van der Waals surface area contributed by atoms with Gasteiger partial charge in [0.15, 0.2) is 0 Å². The average Bonchev–Trinajstić information content (AvgIpc) is 2.76. The number of carbonyl (C=O) groups excluding carboxylic acids is 2. The zero-order valence-electron chi connectivity index (χ0n) is 19.6. The number of nitrogens with zero attached hydrogens (tertiary/aromatic N) is 1. The fraction of sp³-hybridized carbons (Fsp3) is 0.440. The average molecular weight is 457 g/mol. The van der Waals surface area contributed by atoms with E-state index in [0.717, 1.165) is 5.56 Å². The highest BCUT2D eigenvalue weighted by atomic mass is 19.1. The molecule has 0 aromatic heterocycles. The molecule has 3 N–H and O–H groups in total. The molecule has 1 heterocycles.